The van der Waals surface area contributed by atoms with E-state index in [0.29, 0.717) is 24.2 Å². The van der Waals surface area contributed by atoms with Crippen molar-refractivity contribution in [2.24, 2.45) is 0 Å². The fourth-order valence-corrected chi connectivity index (χ4v) is 6.33. The first kappa shape index (κ1) is 26.6. The van der Waals surface area contributed by atoms with E-state index in [1.165, 1.54) is 18.7 Å². The molecule has 1 aliphatic rings. The third-order valence-electron chi connectivity index (χ3n) is 7.42. The number of nitrogens with zero attached hydrogens (tertiary/aromatic N) is 3. The minimum absolute atomic E-state index is 0.0686. The third-order valence-corrected chi connectivity index (χ3v) is 8.81. The van der Waals surface area contributed by atoms with Gasteiger partial charge in [-0.1, -0.05) is 48.5 Å². The van der Waals surface area contributed by atoms with Crippen LogP contribution in [0.4, 0.5) is 5.69 Å². The Morgan fingerprint density at radius 2 is 1.64 bits per heavy atom. The van der Waals surface area contributed by atoms with E-state index in [1.54, 1.807) is 36.5 Å². The first-order valence-electron chi connectivity index (χ1n) is 12.9. The van der Waals surface area contributed by atoms with Gasteiger partial charge in [-0.2, -0.15) is 0 Å². The van der Waals surface area contributed by atoms with Gasteiger partial charge < -0.3 is 9.64 Å². The number of fused-ring (bicyclic) bond motifs is 1. The van der Waals surface area contributed by atoms with Crippen LogP contribution >= 0.6 is 0 Å². The van der Waals surface area contributed by atoms with Crippen LogP contribution in [0.2, 0.25) is 0 Å². The fraction of sp³-hybridized carbons (Fsp3) is 0.267. The number of carbonyl (C=O) groups excluding carboxylic acids is 1. The molecule has 9 heteroatoms. The van der Waals surface area contributed by atoms with Crippen LogP contribution in [0.3, 0.4) is 0 Å². The number of rotatable bonds is 7. The molecule has 0 aliphatic carbocycles. The third kappa shape index (κ3) is 5.32. The molecule has 1 fully saturated rings. The van der Waals surface area contributed by atoms with Gasteiger partial charge in [0.05, 0.1) is 18.3 Å². The van der Waals surface area contributed by atoms with Crippen molar-refractivity contribution in [2.45, 2.75) is 24.3 Å². The minimum atomic E-state index is -3.96. The molecule has 0 radical (unpaired) electrons. The zero-order valence-electron chi connectivity index (χ0n) is 22.3. The first-order valence-corrected chi connectivity index (χ1v) is 14.3. The minimum Gasteiger partial charge on any atom is -0.495 e. The number of amides is 1. The van der Waals surface area contributed by atoms with E-state index in [-0.39, 0.29) is 27.8 Å². The van der Waals surface area contributed by atoms with E-state index in [4.69, 9.17) is 4.74 Å². The molecular weight excluding hydrogens is 512 g/mol. The van der Waals surface area contributed by atoms with Crippen LogP contribution < -0.4 is 9.46 Å². The van der Waals surface area contributed by atoms with Crippen molar-refractivity contribution >= 4 is 32.5 Å². The largest absolute Gasteiger partial charge is 0.495 e. The lowest BCUT2D eigenvalue weighted by Crippen LogP contribution is -2.54. The molecule has 0 spiro atoms. The van der Waals surface area contributed by atoms with Crippen molar-refractivity contribution in [2.75, 3.05) is 38.0 Å². The van der Waals surface area contributed by atoms with Gasteiger partial charge in [0.1, 0.15) is 10.6 Å². The highest BCUT2D eigenvalue weighted by Crippen LogP contribution is 2.32. The van der Waals surface area contributed by atoms with Crippen LogP contribution in [0.15, 0.2) is 90.0 Å². The Balaban J connectivity index is 1.31. The molecule has 0 bridgehead atoms. The highest BCUT2D eigenvalue weighted by Gasteiger charge is 2.33. The fourth-order valence-electron chi connectivity index (χ4n) is 5.08. The number of aromatic nitrogens is 1. The SMILES string of the molecule is COc1cc(C(=O)N2CCN(C(C)(C)c3ccccc3)CC2)ccc1NS(=O)(=O)c1cccc2cccnc12. The van der Waals surface area contributed by atoms with Gasteiger partial charge in [-0.05, 0) is 49.7 Å². The van der Waals surface area contributed by atoms with Crippen LogP contribution in [-0.4, -0.2) is 62.4 Å². The molecule has 5 rings (SSSR count). The number of pyridine rings is 1. The molecule has 3 aromatic carbocycles. The lowest BCUT2D eigenvalue weighted by atomic mass is 9.91. The van der Waals surface area contributed by atoms with Crippen molar-refractivity contribution in [1.29, 1.82) is 0 Å². The van der Waals surface area contributed by atoms with Crippen LogP contribution in [0.25, 0.3) is 10.9 Å². The number of benzene rings is 3. The highest BCUT2D eigenvalue weighted by atomic mass is 32.2. The lowest BCUT2D eigenvalue weighted by molar-refractivity contribution is 0.0391. The van der Waals surface area contributed by atoms with Gasteiger partial charge in [-0.25, -0.2) is 8.42 Å². The molecule has 202 valence electrons. The Bertz CT molecular complexity index is 1590. The van der Waals surface area contributed by atoms with Crippen molar-refractivity contribution in [3.8, 4) is 5.75 Å². The van der Waals surface area contributed by atoms with E-state index in [9.17, 15) is 13.2 Å². The second-order valence-electron chi connectivity index (χ2n) is 10.1. The van der Waals surface area contributed by atoms with E-state index < -0.39 is 10.0 Å². The molecule has 2 heterocycles. The Kier molecular flexibility index (Phi) is 7.29. The van der Waals surface area contributed by atoms with Crippen molar-refractivity contribution in [3.05, 3.63) is 96.2 Å². The highest BCUT2D eigenvalue weighted by molar-refractivity contribution is 7.93. The van der Waals surface area contributed by atoms with E-state index in [2.05, 4.69) is 40.6 Å². The second-order valence-corrected chi connectivity index (χ2v) is 11.7. The predicted molar refractivity (Wildman–Crippen MR) is 152 cm³/mol. The normalized spacial score (nSPS) is 14.8. The average molecular weight is 545 g/mol. The molecule has 1 amide bonds. The molecular formula is C30H32N4O4S. The van der Waals surface area contributed by atoms with Gasteiger partial charge >= 0.3 is 0 Å². The predicted octanol–water partition coefficient (Wildman–Crippen LogP) is 4.74. The molecule has 39 heavy (non-hydrogen) atoms. The summed E-state index contributed by atoms with van der Waals surface area (Å²) in [6.07, 6.45) is 1.56. The standard InChI is InChI=1S/C30H32N4O4S/c1-30(2,24-11-5-4-6-12-24)34-19-17-33(18-20-34)29(35)23-14-15-25(26(21-23)38-3)32-39(36,37)27-13-7-9-22-10-8-16-31-28(22)27/h4-16,21,32H,17-20H2,1-3H3. The van der Waals surface area contributed by atoms with E-state index in [1.807, 2.05) is 35.2 Å². The molecule has 0 atom stereocenters. The molecule has 1 N–H and O–H groups in total. The Hall–Kier alpha value is -3.95. The number of methoxy groups -OCH3 is 1. The van der Waals surface area contributed by atoms with Crippen LogP contribution in [0.1, 0.15) is 29.8 Å². The number of hydrogen-bond acceptors (Lipinski definition) is 6. The summed E-state index contributed by atoms with van der Waals surface area (Å²) in [4.78, 5) is 21.9. The quantitative estimate of drug-likeness (QED) is 0.362. The number of carbonyl (C=O) groups is 1. The summed E-state index contributed by atoms with van der Waals surface area (Å²) in [6, 6.07) is 23.7. The lowest BCUT2D eigenvalue weighted by Gasteiger charge is -2.44. The number of para-hydroxylation sites is 1. The number of nitrogens with one attached hydrogen (secondary N) is 1. The van der Waals surface area contributed by atoms with Gasteiger partial charge in [0.25, 0.3) is 15.9 Å². The Labute approximate surface area is 229 Å². The number of sulfonamides is 1. The molecule has 1 aliphatic heterocycles. The number of piperazine rings is 1. The summed E-state index contributed by atoms with van der Waals surface area (Å²) in [5, 5.41) is 0.723. The number of ether oxygens (including phenoxy) is 1. The average Bonchev–Trinajstić information content (AvgIpc) is 2.97. The summed E-state index contributed by atoms with van der Waals surface area (Å²) in [5.41, 5.74) is 2.17. The summed E-state index contributed by atoms with van der Waals surface area (Å²) >= 11 is 0. The van der Waals surface area contributed by atoms with Crippen molar-refractivity contribution < 1.29 is 17.9 Å². The van der Waals surface area contributed by atoms with Crippen LogP contribution in [0.5, 0.6) is 5.75 Å². The van der Waals surface area contributed by atoms with Gasteiger partial charge in [-0.3, -0.25) is 19.4 Å². The summed E-state index contributed by atoms with van der Waals surface area (Å²) in [7, 11) is -2.51. The molecule has 8 nitrogen and oxygen atoms in total. The molecule has 1 aromatic heterocycles. The van der Waals surface area contributed by atoms with Gasteiger partial charge in [0, 0.05) is 48.9 Å². The maximum Gasteiger partial charge on any atom is 0.264 e. The Morgan fingerprint density at radius 1 is 0.923 bits per heavy atom. The molecule has 4 aromatic rings. The van der Waals surface area contributed by atoms with Crippen molar-refractivity contribution in [1.82, 2.24) is 14.8 Å². The second kappa shape index (κ2) is 10.7. The summed E-state index contributed by atoms with van der Waals surface area (Å²) in [5.74, 6) is 0.152. The van der Waals surface area contributed by atoms with E-state index >= 15 is 0 Å². The first-order chi connectivity index (χ1) is 18.7. The van der Waals surface area contributed by atoms with Crippen LogP contribution in [0, 0.1) is 0 Å². The smallest absolute Gasteiger partial charge is 0.264 e. The maximum absolute atomic E-state index is 13.4. The summed E-state index contributed by atoms with van der Waals surface area (Å²) in [6.45, 7) is 7.11. The molecule has 0 saturated carbocycles. The van der Waals surface area contributed by atoms with Gasteiger partial charge in [-0.15, -0.1) is 0 Å². The Morgan fingerprint density at radius 3 is 2.36 bits per heavy atom. The molecule has 1 saturated heterocycles. The monoisotopic (exact) mass is 544 g/mol. The molecule has 0 unspecified atom stereocenters. The van der Waals surface area contributed by atoms with Crippen LogP contribution in [-0.2, 0) is 15.6 Å². The number of anilines is 1. The zero-order chi connectivity index (χ0) is 27.6. The maximum atomic E-state index is 13.4. The topological polar surface area (TPSA) is 91.8 Å². The van der Waals surface area contributed by atoms with E-state index in [0.717, 1.165) is 18.5 Å². The van der Waals surface area contributed by atoms with Crippen molar-refractivity contribution in [3.63, 3.8) is 0 Å². The van der Waals surface area contributed by atoms with Gasteiger partial charge in [0.2, 0.25) is 0 Å². The van der Waals surface area contributed by atoms with Gasteiger partial charge in [0.15, 0.2) is 0 Å². The zero-order valence-corrected chi connectivity index (χ0v) is 23.1. The number of hydrogen-bond donors (Lipinski definition) is 1. The summed E-state index contributed by atoms with van der Waals surface area (Å²) < 4.78 is 34.6.